The third kappa shape index (κ3) is 7.48. The summed E-state index contributed by atoms with van der Waals surface area (Å²) in [6.07, 6.45) is 7.53. The van der Waals surface area contributed by atoms with Crippen LogP contribution in [0.2, 0.25) is 0 Å². The van der Waals surface area contributed by atoms with E-state index in [2.05, 4.69) is 45.9 Å². The molecule has 0 spiro atoms. The highest BCUT2D eigenvalue weighted by Crippen LogP contribution is 1.97. The topological polar surface area (TPSA) is 0 Å². The molecule has 1 radical (unpaired) electrons. The first-order chi connectivity index (χ1) is 4.63. The molecule has 0 aliphatic rings. The van der Waals surface area contributed by atoms with E-state index in [4.69, 9.17) is 0 Å². The van der Waals surface area contributed by atoms with Gasteiger partial charge in [0.25, 0.3) is 0 Å². The predicted octanol–water partition coefficient (Wildman–Crippen LogP) is 3.37. The van der Waals surface area contributed by atoms with Gasteiger partial charge in [-0.3, -0.25) is 0 Å². The molecule has 0 rings (SSSR count). The molecule has 10 heavy (non-hydrogen) atoms. The van der Waals surface area contributed by atoms with Crippen molar-refractivity contribution in [2.45, 2.75) is 27.2 Å². The zero-order valence-electron chi connectivity index (χ0n) is 7.22. The van der Waals surface area contributed by atoms with Crippen molar-refractivity contribution >= 4 is 0 Å². The molecule has 0 saturated heterocycles. The molecule has 57 valence electrons. The minimum absolute atomic E-state index is 0.436. The molecule has 0 heterocycles. The summed E-state index contributed by atoms with van der Waals surface area (Å²) in [7, 11) is 0. The fraction of sp³-hybridized carbons (Fsp3) is 0.500. The molecule has 0 nitrogen and oxygen atoms in total. The van der Waals surface area contributed by atoms with Gasteiger partial charge in [-0.1, -0.05) is 30.7 Å². The van der Waals surface area contributed by atoms with Crippen molar-refractivity contribution in [3.05, 3.63) is 30.7 Å². The van der Waals surface area contributed by atoms with Gasteiger partial charge in [0.1, 0.15) is 0 Å². The first kappa shape index (κ1) is 9.48. The van der Waals surface area contributed by atoms with Crippen LogP contribution in [-0.2, 0) is 0 Å². The summed E-state index contributed by atoms with van der Waals surface area (Å²) in [5.41, 5.74) is 1.38. The van der Waals surface area contributed by atoms with Crippen molar-refractivity contribution < 1.29 is 0 Å². The predicted molar refractivity (Wildman–Crippen MR) is 47.7 cm³/mol. The molecule has 0 bridgehead atoms. The van der Waals surface area contributed by atoms with Gasteiger partial charge >= 0.3 is 0 Å². The van der Waals surface area contributed by atoms with Gasteiger partial charge in [0.05, 0.1) is 0 Å². The van der Waals surface area contributed by atoms with Crippen molar-refractivity contribution in [3.63, 3.8) is 0 Å². The summed E-state index contributed by atoms with van der Waals surface area (Å²) in [5.74, 6) is 0.436. The number of allylic oxidation sites excluding steroid dienone is 4. The Kier molecular flexibility index (Phi) is 5.00. The van der Waals surface area contributed by atoms with Crippen LogP contribution in [0.3, 0.4) is 0 Å². The Hall–Kier alpha value is -0.520. The standard InChI is InChI=1S/C10H17/c1-9(2)7-5-6-8-10(3)4/h5,7-9H,1,6H2,2-4H3. The highest BCUT2D eigenvalue weighted by atomic mass is 13.9. The third-order valence-corrected chi connectivity index (χ3v) is 1.13. The summed E-state index contributed by atoms with van der Waals surface area (Å²) in [5, 5.41) is 0. The minimum Gasteiger partial charge on any atom is -0.0854 e. The zero-order valence-corrected chi connectivity index (χ0v) is 7.22. The maximum atomic E-state index is 3.85. The lowest BCUT2D eigenvalue weighted by atomic mass is 10.2. The quantitative estimate of drug-likeness (QED) is 0.523. The second-order valence-electron chi connectivity index (χ2n) is 2.92. The first-order valence-electron chi connectivity index (χ1n) is 3.76. The van der Waals surface area contributed by atoms with E-state index in [-0.39, 0.29) is 0 Å². The number of hydrogen-bond donors (Lipinski definition) is 0. The Bertz CT molecular complexity index is 123. The van der Waals surface area contributed by atoms with Crippen LogP contribution in [0.4, 0.5) is 0 Å². The molecule has 1 atom stereocenters. The van der Waals surface area contributed by atoms with Gasteiger partial charge in [0.15, 0.2) is 0 Å². The molecule has 0 saturated carbocycles. The second-order valence-corrected chi connectivity index (χ2v) is 2.92. The van der Waals surface area contributed by atoms with E-state index in [1.165, 1.54) is 5.57 Å². The normalized spacial score (nSPS) is 10.9. The van der Waals surface area contributed by atoms with Crippen LogP contribution in [0.25, 0.3) is 0 Å². The molecule has 0 aliphatic carbocycles. The van der Waals surface area contributed by atoms with Crippen molar-refractivity contribution in [2.75, 3.05) is 0 Å². The van der Waals surface area contributed by atoms with Gasteiger partial charge in [-0.15, -0.1) is 0 Å². The number of rotatable bonds is 3. The lowest BCUT2D eigenvalue weighted by Gasteiger charge is -1.91. The van der Waals surface area contributed by atoms with Crippen molar-refractivity contribution in [2.24, 2.45) is 5.92 Å². The average Bonchev–Trinajstić information content (AvgIpc) is 1.79. The Morgan fingerprint density at radius 2 is 2.10 bits per heavy atom. The summed E-state index contributed by atoms with van der Waals surface area (Å²) in [4.78, 5) is 0. The van der Waals surface area contributed by atoms with E-state index in [1.807, 2.05) is 0 Å². The van der Waals surface area contributed by atoms with Gasteiger partial charge in [-0.2, -0.15) is 0 Å². The van der Waals surface area contributed by atoms with Crippen LogP contribution in [0.15, 0.2) is 23.8 Å². The van der Waals surface area contributed by atoms with E-state index in [0.29, 0.717) is 5.92 Å². The maximum absolute atomic E-state index is 3.85. The van der Waals surface area contributed by atoms with Crippen LogP contribution in [0.1, 0.15) is 27.2 Å². The molecule has 0 fully saturated rings. The highest BCUT2D eigenvalue weighted by Gasteiger charge is 1.81. The van der Waals surface area contributed by atoms with Crippen LogP contribution >= 0.6 is 0 Å². The van der Waals surface area contributed by atoms with Crippen LogP contribution in [-0.4, -0.2) is 0 Å². The molecule has 0 aromatic rings. The van der Waals surface area contributed by atoms with Crippen LogP contribution < -0.4 is 0 Å². The monoisotopic (exact) mass is 137 g/mol. The Morgan fingerprint density at radius 3 is 2.50 bits per heavy atom. The van der Waals surface area contributed by atoms with Gasteiger partial charge in [-0.05, 0) is 33.1 Å². The molecule has 0 aromatic heterocycles. The van der Waals surface area contributed by atoms with Gasteiger partial charge in [0.2, 0.25) is 0 Å². The molecule has 0 N–H and O–H groups in total. The van der Waals surface area contributed by atoms with Gasteiger partial charge in [0, 0.05) is 0 Å². The first-order valence-corrected chi connectivity index (χ1v) is 3.76. The van der Waals surface area contributed by atoms with E-state index >= 15 is 0 Å². The maximum Gasteiger partial charge on any atom is -0.0167 e. The fourth-order valence-electron chi connectivity index (χ4n) is 0.615. The SMILES string of the molecule is [CH2]C(C)C=CCC=C(C)C. The highest BCUT2D eigenvalue weighted by molar-refractivity contribution is 5.00. The molecule has 1 unspecified atom stereocenters. The Morgan fingerprint density at radius 1 is 1.50 bits per heavy atom. The van der Waals surface area contributed by atoms with Gasteiger partial charge in [-0.25, -0.2) is 0 Å². The molecule has 0 heteroatoms. The summed E-state index contributed by atoms with van der Waals surface area (Å²) in [6, 6.07) is 0. The fourth-order valence-corrected chi connectivity index (χ4v) is 0.615. The summed E-state index contributed by atoms with van der Waals surface area (Å²) >= 11 is 0. The zero-order chi connectivity index (χ0) is 7.98. The molecular weight excluding hydrogens is 120 g/mol. The van der Waals surface area contributed by atoms with Crippen molar-refractivity contribution in [1.29, 1.82) is 0 Å². The number of hydrogen-bond acceptors (Lipinski definition) is 0. The average molecular weight is 137 g/mol. The Balaban J connectivity index is 3.45. The third-order valence-electron chi connectivity index (χ3n) is 1.13. The van der Waals surface area contributed by atoms with E-state index in [9.17, 15) is 0 Å². The summed E-state index contributed by atoms with van der Waals surface area (Å²) in [6.45, 7) is 10.2. The molecule has 0 amide bonds. The van der Waals surface area contributed by atoms with Gasteiger partial charge < -0.3 is 0 Å². The van der Waals surface area contributed by atoms with Crippen molar-refractivity contribution in [1.82, 2.24) is 0 Å². The lowest BCUT2D eigenvalue weighted by molar-refractivity contribution is 0.930. The summed E-state index contributed by atoms with van der Waals surface area (Å²) < 4.78 is 0. The van der Waals surface area contributed by atoms with Crippen LogP contribution in [0, 0.1) is 12.8 Å². The second kappa shape index (κ2) is 5.28. The van der Waals surface area contributed by atoms with Crippen LogP contribution in [0.5, 0.6) is 0 Å². The molecule has 0 aromatic carbocycles. The Labute approximate surface area is 64.6 Å². The largest absolute Gasteiger partial charge is 0.0854 e. The lowest BCUT2D eigenvalue weighted by Crippen LogP contribution is -1.76. The minimum atomic E-state index is 0.436. The van der Waals surface area contributed by atoms with E-state index in [0.717, 1.165) is 6.42 Å². The molecule has 0 aliphatic heterocycles. The van der Waals surface area contributed by atoms with E-state index in [1.54, 1.807) is 0 Å². The smallest absolute Gasteiger partial charge is 0.0167 e. The molecular formula is C10H17. The van der Waals surface area contributed by atoms with E-state index < -0.39 is 0 Å². The van der Waals surface area contributed by atoms with Crippen molar-refractivity contribution in [3.8, 4) is 0 Å².